The highest BCUT2D eigenvalue weighted by Gasteiger charge is 2.45. The molecule has 3 aromatic rings. The van der Waals surface area contributed by atoms with Crippen LogP contribution in [0.15, 0.2) is 78.9 Å². The summed E-state index contributed by atoms with van der Waals surface area (Å²) in [6.45, 7) is 9.07. The van der Waals surface area contributed by atoms with Gasteiger partial charge in [-0.05, 0) is 128 Å². The third-order valence-electron chi connectivity index (χ3n) is 15.6. The van der Waals surface area contributed by atoms with E-state index in [4.69, 9.17) is 33.2 Å². The molecule has 22 nitrogen and oxygen atoms in total. The van der Waals surface area contributed by atoms with Crippen LogP contribution in [0.5, 0.6) is 23.0 Å². The number of carbonyl (C=O) groups is 9. The number of rotatable bonds is 9. The lowest BCUT2D eigenvalue weighted by molar-refractivity contribution is -0.165. The van der Waals surface area contributed by atoms with Gasteiger partial charge in [0.1, 0.15) is 54.4 Å². The van der Waals surface area contributed by atoms with Crippen molar-refractivity contribution in [3.63, 3.8) is 0 Å². The molecule has 0 spiro atoms. The number of Topliss-reactive ketones (excluding diaryl/α,β-unsaturated/α-hetero) is 1. The van der Waals surface area contributed by atoms with E-state index in [1.807, 2.05) is 0 Å². The molecule has 1 N–H and O–H groups in total. The smallest absolute Gasteiger partial charge is 0.330 e. The van der Waals surface area contributed by atoms with E-state index in [0.29, 0.717) is 59.6 Å². The molecule has 6 atom stereocenters. The van der Waals surface area contributed by atoms with Gasteiger partial charge in [-0.15, -0.1) is 0 Å². The topological polar surface area (TPSA) is 246 Å². The Kier molecular flexibility index (Phi) is 23.1. The summed E-state index contributed by atoms with van der Waals surface area (Å²) in [5, 5.41) is 2.83. The third-order valence-corrected chi connectivity index (χ3v) is 15.6. The Hall–Kier alpha value is -8.01. The van der Waals surface area contributed by atoms with E-state index >= 15 is 0 Å². The number of nitrogens with zero attached hydrogens (tertiary/aromatic N) is 5. The van der Waals surface area contributed by atoms with Crippen molar-refractivity contribution >= 4 is 53.2 Å². The van der Waals surface area contributed by atoms with Gasteiger partial charge in [0.15, 0.2) is 18.1 Å². The van der Waals surface area contributed by atoms with Crippen LogP contribution in [0.25, 0.3) is 0 Å². The summed E-state index contributed by atoms with van der Waals surface area (Å²) >= 11 is 0. The number of methoxy groups -OCH3 is 3. The van der Waals surface area contributed by atoms with Crippen molar-refractivity contribution in [1.82, 2.24) is 29.8 Å². The molecule has 2 saturated heterocycles. The molecule has 85 heavy (non-hydrogen) atoms. The number of ketones is 1. The molecule has 3 heterocycles. The van der Waals surface area contributed by atoms with Gasteiger partial charge in [-0.2, -0.15) is 0 Å². The molecule has 3 aliphatic rings. The van der Waals surface area contributed by atoms with Crippen molar-refractivity contribution in [3.05, 3.63) is 95.6 Å². The number of piperidine rings is 1. The molecule has 0 aromatic heterocycles. The van der Waals surface area contributed by atoms with Crippen LogP contribution in [0.3, 0.4) is 0 Å². The average molecular weight is 1180 g/mol. The number of cyclic esters (lactones) is 2. The van der Waals surface area contributed by atoms with Crippen molar-refractivity contribution in [1.29, 1.82) is 0 Å². The third kappa shape index (κ3) is 16.9. The van der Waals surface area contributed by atoms with Crippen LogP contribution in [0.2, 0.25) is 0 Å². The van der Waals surface area contributed by atoms with Gasteiger partial charge in [-0.3, -0.25) is 33.6 Å². The Morgan fingerprint density at radius 3 is 2.06 bits per heavy atom. The number of likely N-dealkylation sites (N-methyl/N-ethyl adjacent to an activating group) is 3. The standard InChI is InChI=1S/C63H84N6O16/c1-40-56(73)64-53(41-22-14-13-15-23-41)59(76)67(9)47(37-84-62(2,3)4)58(75)68-35-21-27-45(68)57(74)65(7)33-18-17-28-52(71)83-39-63(5,6)55(72)60(77)69-34-19-16-26-46(69)61(78)85-48(42-24-20-25-43(36-42)82-38-51(70)66(40)8)30-29-44-49(79-10)31-32-50(80-11)54(44)81-12/h13-15,17,20,22-25,28,31-32,36,40,45-48,53H,16,18-19,21,26-27,29-30,33-35,37-39H2,1-12H3,(H,64,73)/t40-,45-,46-,47-,48+,53?/m0/s1. The largest absolute Gasteiger partial charge is 0.496 e. The van der Waals surface area contributed by atoms with Crippen LogP contribution < -0.4 is 24.3 Å². The molecule has 0 saturated carbocycles. The molecule has 3 aliphatic heterocycles. The average Bonchev–Trinajstić information content (AvgIpc) is 4.02. The second kappa shape index (κ2) is 29.7. The normalized spacial score (nSPS) is 23.5. The van der Waals surface area contributed by atoms with Gasteiger partial charge in [0.2, 0.25) is 29.4 Å². The molecule has 2 bridgehead atoms. The predicted molar refractivity (Wildman–Crippen MR) is 312 cm³/mol. The first-order chi connectivity index (χ1) is 40.3. The van der Waals surface area contributed by atoms with Crippen LogP contribution in [0, 0.1) is 5.41 Å². The van der Waals surface area contributed by atoms with Crippen LogP contribution in [-0.2, 0) is 63.8 Å². The second-order valence-electron chi connectivity index (χ2n) is 23.2. The van der Waals surface area contributed by atoms with Crippen molar-refractivity contribution in [3.8, 4) is 23.0 Å². The fourth-order valence-electron chi connectivity index (χ4n) is 10.4. The van der Waals surface area contributed by atoms with E-state index < -0.39 is 108 Å². The van der Waals surface area contributed by atoms with E-state index in [9.17, 15) is 43.2 Å². The van der Waals surface area contributed by atoms with Crippen LogP contribution in [0.1, 0.15) is 115 Å². The molecule has 0 radical (unpaired) electrons. The number of fused-ring (bicyclic) bond motifs is 4. The summed E-state index contributed by atoms with van der Waals surface area (Å²) in [6, 6.07) is 12.7. The maximum atomic E-state index is 14.9. The van der Waals surface area contributed by atoms with Gasteiger partial charge in [0.05, 0.1) is 39.0 Å². The Morgan fingerprint density at radius 1 is 0.706 bits per heavy atom. The Bertz CT molecular complexity index is 2920. The molecule has 6 rings (SSSR count). The minimum absolute atomic E-state index is 0.0833. The van der Waals surface area contributed by atoms with E-state index in [1.54, 1.807) is 94.5 Å². The summed E-state index contributed by atoms with van der Waals surface area (Å²) in [4.78, 5) is 135. The number of esters is 2. The molecule has 3 aromatic carbocycles. The van der Waals surface area contributed by atoms with E-state index in [-0.39, 0.29) is 63.6 Å². The lowest BCUT2D eigenvalue weighted by Gasteiger charge is -2.37. The summed E-state index contributed by atoms with van der Waals surface area (Å²) in [7, 11) is 8.95. The highest BCUT2D eigenvalue weighted by atomic mass is 16.5. The number of carbonyl (C=O) groups excluding carboxylic acids is 9. The van der Waals surface area contributed by atoms with Gasteiger partial charge in [-0.25, -0.2) is 9.59 Å². The van der Waals surface area contributed by atoms with Gasteiger partial charge in [0, 0.05) is 52.4 Å². The number of ether oxygens (including phenoxy) is 7. The van der Waals surface area contributed by atoms with Crippen molar-refractivity contribution in [2.24, 2.45) is 5.41 Å². The molecule has 1 unspecified atom stereocenters. The number of hydrogen-bond donors (Lipinski definition) is 1. The first kappa shape index (κ1) is 66.1. The fraction of sp³-hybridized carbons (Fsp3) is 0.540. The zero-order chi connectivity index (χ0) is 62.3. The molecule has 0 aliphatic carbocycles. The van der Waals surface area contributed by atoms with Crippen molar-refractivity contribution < 1.29 is 76.3 Å². The Labute approximate surface area is 498 Å². The SMILES string of the molecule is COc1ccc(OC)c(OC)c1CC[C@H]1OC(=O)[C@@H]2CCCCN2C(=O)C(=O)C(C)(C)COC(=O)C=CCCN(C)C(=O)[C@@H]2CCCN2C(=O)[C@H](COC(C)(C)C)N(C)C(=O)C(c2ccccc2)NC(=O)[C@H](C)N(C)C(=O)COc2cccc1c2. The first-order valence-corrected chi connectivity index (χ1v) is 28.8. The van der Waals surface area contributed by atoms with E-state index in [2.05, 4.69) is 5.32 Å². The highest BCUT2D eigenvalue weighted by molar-refractivity contribution is 6.38. The minimum atomic E-state index is -1.51. The van der Waals surface area contributed by atoms with E-state index in [0.717, 1.165) is 0 Å². The number of benzene rings is 3. The van der Waals surface area contributed by atoms with Gasteiger partial charge in [-0.1, -0.05) is 48.5 Å². The number of nitrogens with one attached hydrogen (secondary N) is 1. The number of hydrogen-bond acceptors (Lipinski definition) is 16. The summed E-state index contributed by atoms with van der Waals surface area (Å²) in [5.74, 6) is -4.69. The van der Waals surface area contributed by atoms with Gasteiger partial charge in [0.25, 0.3) is 11.8 Å². The van der Waals surface area contributed by atoms with Crippen molar-refractivity contribution in [2.75, 3.05) is 81.9 Å². The molecule has 6 amide bonds. The van der Waals surface area contributed by atoms with Crippen molar-refractivity contribution in [2.45, 2.75) is 135 Å². The molecule has 462 valence electrons. The zero-order valence-corrected chi connectivity index (χ0v) is 51.1. The number of amides is 6. The van der Waals surface area contributed by atoms with Crippen LogP contribution in [-0.4, -0.2) is 189 Å². The Morgan fingerprint density at radius 2 is 1.38 bits per heavy atom. The van der Waals surface area contributed by atoms with Crippen LogP contribution in [0.4, 0.5) is 0 Å². The van der Waals surface area contributed by atoms with Crippen LogP contribution >= 0.6 is 0 Å². The molecule has 2 fully saturated rings. The second-order valence-corrected chi connectivity index (χ2v) is 23.2. The van der Waals surface area contributed by atoms with E-state index in [1.165, 1.54) is 92.8 Å². The van der Waals surface area contributed by atoms with Gasteiger partial charge >= 0.3 is 11.9 Å². The first-order valence-electron chi connectivity index (χ1n) is 28.8. The molecule has 22 heteroatoms. The monoisotopic (exact) mass is 1180 g/mol. The summed E-state index contributed by atoms with van der Waals surface area (Å²) < 4.78 is 41.1. The summed E-state index contributed by atoms with van der Waals surface area (Å²) in [6.07, 6.45) is 4.35. The fourth-order valence-corrected chi connectivity index (χ4v) is 10.4. The maximum absolute atomic E-state index is 14.9. The predicted octanol–water partition coefficient (Wildman–Crippen LogP) is 5.58. The lowest BCUT2D eigenvalue weighted by atomic mass is 9.87. The Balaban J connectivity index is 1.34. The minimum Gasteiger partial charge on any atom is -0.496 e. The lowest BCUT2D eigenvalue weighted by Crippen LogP contribution is -2.58. The van der Waals surface area contributed by atoms with Gasteiger partial charge < -0.3 is 63.0 Å². The molecular formula is C63H84N6O16. The summed E-state index contributed by atoms with van der Waals surface area (Å²) in [5.41, 5.74) is -0.789. The highest BCUT2D eigenvalue weighted by Crippen LogP contribution is 2.40. The zero-order valence-electron chi connectivity index (χ0n) is 51.1. The quantitative estimate of drug-likeness (QED) is 0.203. The maximum Gasteiger partial charge on any atom is 0.330 e. The molecular weight excluding hydrogens is 1100 g/mol.